The third kappa shape index (κ3) is 5.13. The largest absolute Gasteiger partial charge is 1.00 e. The van der Waals surface area contributed by atoms with Crippen LogP contribution in [0.2, 0.25) is 0 Å². The molecule has 1 aromatic carbocycles. The van der Waals surface area contributed by atoms with Gasteiger partial charge in [-0.05, 0) is 12.1 Å². The molecular weight excluding hydrogens is 336 g/mol. The molecule has 0 saturated heterocycles. The van der Waals surface area contributed by atoms with E-state index in [1.54, 1.807) is 12.1 Å². The van der Waals surface area contributed by atoms with Crippen LogP contribution in [0.5, 0.6) is 5.75 Å². The van der Waals surface area contributed by atoms with Gasteiger partial charge in [0.25, 0.3) is 0 Å². The molecule has 0 fully saturated rings. The van der Waals surface area contributed by atoms with Crippen LogP contribution in [0.1, 0.15) is 24.2 Å². The van der Waals surface area contributed by atoms with Gasteiger partial charge in [0.05, 0.1) is 0 Å². The molecular formula is C11H10AgO6+. The maximum atomic E-state index is 11.5. The summed E-state index contributed by atoms with van der Waals surface area (Å²) in [5.74, 6) is -2.21. The standard InChI is InChI=1S/C11H10O6.Ag/c1-7(12)15-10-6-4-3-5-9(10)11(14)17-16-8(2)13;/h3-6H,1-2H3;/q;+1. The van der Waals surface area contributed by atoms with Crippen molar-refractivity contribution in [1.82, 2.24) is 0 Å². The SMILES string of the molecule is CC(=O)OOC(=O)c1ccccc1OC(C)=O.[Ag+]. The second-order valence-corrected chi connectivity index (χ2v) is 3.04. The first-order valence-corrected chi connectivity index (χ1v) is 4.67. The number of carbonyl (C=O) groups excluding carboxylic acids is 3. The van der Waals surface area contributed by atoms with Crippen molar-refractivity contribution >= 4 is 17.9 Å². The van der Waals surface area contributed by atoms with Crippen LogP contribution in [0.3, 0.4) is 0 Å². The molecule has 1 aromatic rings. The van der Waals surface area contributed by atoms with Gasteiger partial charge in [0.15, 0.2) is 0 Å². The van der Waals surface area contributed by atoms with E-state index >= 15 is 0 Å². The monoisotopic (exact) mass is 345 g/mol. The minimum absolute atomic E-state index is 0. The van der Waals surface area contributed by atoms with Crippen LogP contribution in [0.4, 0.5) is 0 Å². The Morgan fingerprint density at radius 1 is 0.944 bits per heavy atom. The second kappa shape index (κ2) is 7.65. The van der Waals surface area contributed by atoms with Gasteiger partial charge < -0.3 is 4.74 Å². The molecule has 0 bridgehead atoms. The molecule has 0 heterocycles. The van der Waals surface area contributed by atoms with Gasteiger partial charge in [0.1, 0.15) is 11.3 Å². The van der Waals surface area contributed by atoms with Gasteiger partial charge in [-0.3, -0.25) is 4.79 Å². The van der Waals surface area contributed by atoms with Gasteiger partial charge >= 0.3 is 40.3 Å². The van der Waals surface area contributed by atoms with Crippen molar-refractivity contribution in [2.75, 3.05) is 0 Å². The van der Waals surface area contributed by atoms with E-state index in [9.17, 15) is 14.4 Å². The van der Waals surface area contributed by atoms with Crippen molar-refractivity contribution in [2.24, 2.45) is 0 Å². The van der Waals surface area contributed by atoms with Gasteiger partial charge in [0.2, 0.25) is 0 Å². The molecule has 0 aliphatic carbocycles. The molecule has 0 unspecified atom stereocenters. The molecule has 7 heteroatoms. The molecule has 18 heavy (non-hydrogen) atoms. The van der Waals surface area contributed by atoms with Crippen LogP contribution in [-0.4, -0.2) is 17.9 Å². The first-order valence-electron chi connectivity index (χ1n) is 4.67. The van der Waals surface area contributed by atoms with Crippen molar-refractivity contribution in [3.63, 3.8) is 0 Å². The van der Waals surface area contributed by atoms with Gasteiger partial charge in [-0.1, -0.05) is 12.1 Å². The van der Waals surface area contributed by atoms with Crippen molar-refractivity contribution in [3.05, 3.63) is 29.8 Å². The summed E-state index contributed by atoms with van der Waals surface area (Å²) in [6, 6.07) is 5.94. The molecule has 0 saturated carbocycles. The van der Waals surface area contributed by atoms with Gasteiger partial charge in [-0.2, -0.15) is 0 Å². The first-order chi connectivity index (χ1) is 8.00. The van der Waals surface area contributed by atoms with Crippen LogP contribution >= 0.6 is 0 Å². The number of para-hydroxylation sites is 1. The summed E-state index contributed by atoms with van der Waals surface area (Å²) in [5, 5.41) is 0. The van der Waals surface area contributed by atoms with E-state index in [4.69, 9.17) is 4.74 Å². The minimum Gasteiger partial charge on any atom is -0.426 e. The van der Waals surface area contributed by atoms with E-state index in [1.807, 2.05) is 0 Å². The summed E-state index contributed by atoms with van der Waals surface area (Å²) >= 11 is 0. The molecule has 1 rings (SSSR count). The number of rotatable bonds is 2. The Kier molecular flexibility index (Phi) is 6.96. The molecule has 6 nitrogen and oxygen atoms in total. The Labute approximate surface area is 119 Å². The molecule has 0 atom stereocenters. The Morgan fingerprint density at radius 2 is 1.56 bits per heavy atom. The average Bonchev–Trinajstić information content (AvgIpc) is 2.25. The number of hydrogen-bond donors (Lipinski definition) is 0. The van der Waals surface area contributed by atoms with E-state index in [0.29, 0.717) is 0 Å². The topological polar surface area (TPSA) is 78.9 Å². The normalized spacial score (nSPS) is 8.78. The first kappa shape index (κ1) is 16.4. The van der Waals surface area contributed by atoms with Crippen molar-refractivity contribution in [2.45, 2.75) is 13.8 Å². The fourth-order valence-electron chi connectivity index (χ4n) is 1.02. The van der Waals surface area contributed by atoms with E-state index < -0.39 is 17.9 Å². The molecule has 0 radical (unpaired) electrons. The van der Waals surface area contributed by atoms with E-state index in [2.05, 4.69) is 9.78 Å². The quantitative estimate of drug-likeness (QED) is 0.264. The van der Waals surface area contributed by atoms with Crippen LogP contribution in [0.15, 0.2) is 24.3 Å². The number of hydrogen-bond acceptors (Lipinski definition) is 6. The Bertz CT molecular complexity index is 457. The number of ether oxygens (including phenoxy) is 1. The molecule has 0 aliphatic rings. The fraction of sp³-hybridized carbons (Fsp3) is 0.182. The number of benzene rings is 1. The molecule has 0 aliphatic heterocycles. The van der Waals surface area contributed by atoms with Crippen LogP contribution in [0, 0.1) is 0 Å². The van der Waals surface area contributed by atoms with Crippen LogP contribution < -0.4 is 4.74 Å². The zero-order valence-corrected chi connectivity index (χ0v) is 11.0. The third-order valence-corrected chi connectivity index (χ3v) is 1.60. The second-order valence-electron chi connectivity index (χ2n) is 3.04. The van der Waals surface area contributed by atoms with E-state index in [1.165, 1.54) is 19.1 Å². The summed E-state index contributed by atoms with van der Waals surface area (Å²) < 4.78 is 4.79. The summed E-state index contributed by atoms with van der Waals surface area (Å²) in [5.41, 5.74) is -0.0102. The van der Waals surface area contributed by atoms with Crippen molar-refractivity contribution in [3.8, 4) is 5.75 Å². The van der Waals surface area contributed by atoms with Gasteiger partial charge in [-0.25, -0.2) is 19.4 Å². The summed E-state index contributed by atoms with van der Waals surface area (Å²) in [4.78, 5) is 41.0. The van der Waals surface area contributed by atoms with Crippen LogP contribution in [-0.2, 0) is 41.7 Å². The summed E-state index contributed by atoms with van der Waals surface area (Å²) in [6.07, 6.45) is 0. The average molecular weight is 346 g/mol. The minimum atomic E-state index is -0.919. The van der Waals surface area contributed by atoms with E-state index in [0.717, 1.165) is 6.92 Å². The summed E-state index contributed by atoms with van der Waals surface area (Å²) in [7, 11) is 0. The molecule has 0 aromatic heterocycles. The maximum absolute atomic E-state index is 11.5. The Morgan fingerprint density at radius 3 is 2.11 bits per heavy atom. The smallest absolute Gasteiger partial charge is 0.426 e. The Balaban J connectivity index is 0.00000289. The zero-order valence-electron chi connectivity index (χ0n) is 9.56. The predicted octanol–water partition coefficient (Wildman–Crippen LogP) is 1.24. The van der Waals surface area contributed by atoms with E-state index in [-0.39, 0.29) is 33.7 Å². The molecule has 100 valence electrons. The van der Waals surface area contributed by atoms with Crippen LogP contribution in [0.25, 0.3) is 0 Å². The number of carbonyl (C=O) groups is 3. The van der Waals surface area contributed by atoms with Gasteiger partial charge in [-0.15, -0.1) is 0 Å². The molecule has 0 spiro atoms. The maximum Gasteiger partial charge on any atom is 1.00 e. The van der Waals surface area contributed by atoms with Gasteiger partial charge in [0, 0.05) is 13.8 Å². The van der Waals surface area contributed by atoms with Crippen molar-refractivity contribution < 1.29 is 51.3 Å². The third-order valence-electron chi connectivity index (χ3n) is 1.60. The fourth-order valence-corrected chi connectivity index (χ4v) is 1.02. The predicted molar refractivity (Wildman–Crippen MR) is 54.9 cm³/mol. The summed E-state index contributed by atoms with van der Waals surface area (Å²) in [6.45, 7) is 2.29. The zero-order chi connectivity index (χ0) is 12.8. The van der Waals surface area contributed by atoms with Crippen molar-refractivity contribution in [1.29, 1.82) is 0 Å². The molecule has 0 N–H and O–H groups in total. The Hall–Kier alpha value is -1.63. The number of esters is 1. The molecule has 0 amide bonds.